The molecule has 0 aliphatic rings. The normalized spacial score (nSPS) is 10.9. The van der Waals surface area contributed by atoms with Gasteiger partial charge in [0.1, 0.15) is 0 Å². The lowest BCUT2D eigenvalue weighted by Crippen LogP contribution is -2.02. The fraction of sp³-hybridized carbons (Fsp3) is 0.333. The van der Waals surface area contributed by atoms with Crippen molar-refractivity contribution in [2.24, 2.45) is 0 Å². The second kappa shape index (κ2) is 7.89. The van der Waals surface area contributed by atoms with Crippen molar-refractivity contribution < 1.29 is 17.3 Å². The summed E-state index contributed by atoms with van der Waals surface area (Å²) < 4.78 is 39.0. The van der Waals surface area contributed by atoms with Crippen LogP contribution in [-0.4, -0.2) is 24.9 Å². The second-order valence-electron chi connectivity index (χ2n) is 3.06. The van der Waals surface area contributed by atoms with Gasteiger partial charge in [0.2, 0.25) is 0 Å². The lowest BCUT2D eigenvalue weighted by molar-refractivity contribution is 0.368. The SMILES string of the molecule is C[S+](C)CSc1ccccc1.F[B-](F)(F)F. The summed E-state index contributed by atoms with van der Waals surface area (Å²) in [5.41, 5.74) is 0. The van der Waals surface area contributed by atoms with Gasteiger partial charge in [-0.1, -0.05) is 30.0 Å². The summed E-state index contributed by atoms with van der Waals surface area (Å²) >= 11 is 1.94. The molecule has 0 fully saturated rings. The molecule has 0 saturated carbocycles. The summed E-state index contributed by atoms with van der Waals surface area (Å²) in [4.78, 5) is 1.38. The smallest absolute Gasteiger partial charge is 0.418 e. The molecule has 1 rings (SSSR count). The summed E-state index contributed by atoms with van der Waals surface area (Å²) in [5, 5.41) is 1.24. The van der Waals surface area contributed by atoms with Crippen molar-refractivity contribution in [3.63, 3.8) is 0 Å². The molecule has 0 unspecified atom stereocenters. The van der Waals surface area contributed by atoms with Gasteiger partial charge in [-0.05, 0) is 23.0 Å². The van der Waals surface area contributed by atoms with Crippen LogP contribution in [0.15, 0.2) is 35.2 Å². The van der Waals surface area contributed by atoms with E-state index in [0.717, 1.165) is 0 Å². The number of halogens is 4. The molecule has 0 aliphatic carbocycles. The maximum atomic E-state index is 9.75. The molecule has 0 amide bonds. The third-order valence-electron chi connectivity index (χ3n) is 1.20. The Morgan fingerprint density at radius 2 is 1.50 bits per heavy atom. The predicted octanol–water partition coefficient (Wildman–Crippen LogP) is 3.91. The van der Waals surface area contributed by atoms with E-state index in [1.165, 1.54) is 9.98 Å². The lowest BCUT2D eigenvalue weighted by Gasteiger charge is -1.97. The number of rotatable bonds is 3. The van der Waals surface area contributed by atoms with Crippen molar-refractivity contribution in [2.45, 2.75) is 4.90 Å². The summed E-state index contributed by atoms with van der Waals surface area (Å²) in [7, 11) is -5.45. The fourth-order valence-electron chi connectivity index (χ4n) is 0.703. The summed E-state index contributed by atoms with van der Waals surface area (Å²) in [6.07, 6.45) is 4.55. The van der Waals surface area contributed by atoms with Gasteiger partial charge in [-0.2, -0.15) is 0 Å². The minimum atomic E-state index is -6.00. The molecule has 7 heteroatoms. The Morgan fingerprint density at radius 1 is 1.06 bits per heavy atom. The Labute approximate surface area is 100 Å². The molecule has 0 bridgehead atoms. The zero-order valence-electron chi connectivity index (χ0n) is 9.00. The van der Waals surface area contributed by atoms with Crippen molar-refractivity contribution >= 4 is 29.9 Å². The highest BCUT2D eigenvalue weighted by Crippen LogP contribution is 2.18. The third kappa shape index (κ3) is 13.7. The van der Waals surface area contributed by atoms with Crippen molar-refractivity contribution in [3.05, 3.63) is 30.3 Å². The van der Waals surface area contributed by atoms with Crippen LogP contribution in [0.3, 0.4) is 0 Å². The quantitative estimate of drug-likeness (QED) is 0.348. The first-order valence-electron chi connectivity index (χ1n) is 4.38. The zero-order chi connectivity index (χ0) is 12.6. The van der Waals surface area contributed by atoms with E-state index < -0.39 is 7.25 Å². The highest BCUT2D eigenvalue weighted by atomic mass is 32.2. The molecule has 0 aliphatic heterocycles. The largest absolute Gasteiger partial charge is 0.673 e. The summed E-state index contributed by atoms with van der Waals surface area (Å²) in [5.74, 6) is 0. The predicted molar refractivity (Wildman–Crippen MR) is 66.6 cm³/mol. The van der Waals surface area contributed by atoms with Crippen LogP contribution in [0, 0.1) is 0 Å². The number of benzene rings is 1. The Hall–Kier alpha value is -0.295. The number of hydrogen-bond donors (Lipinski definition) is 0. The minimum absolute atomic E-state index is 0.547. The van der Waals surface area contributed by atoms with Gasteiger partial charge in [-0.3, -0.25) is 0 Å². The van der Waals surface area contributed by atoms with Crippen LogP contribution in [0.2, 0.25) is 0 Å². The van der Waals surface area contributed by atoms with Crippen LogP contribution in [0.5, 0.6) is 0 Å². The highest BCUT2D eigenvalue weighted by molar-refractivity contribution is 8.14. The van der Waals surface area contributed by atoms with Gasteiger partial charge in [-0.15, -0.1) is 0 Å². The van der Waals surface area contributed by atoms with Gasteiger partial charge < -0.3 is 17.3 Å². The third-order valence-corrected chi connectivity index (χ3v) is 4.17. The molecule has 0 radical (unpaired) electrons. The molecular weight excluding hydrogens is 259 g/mol. The van der Waals surface area contributed by atoms with E-state index in [4.69, 9.17) is 0 Å². The zero-order valence-corrected chi connectivity index (χ0v) is 10.6. The summed E-state index contributed by atoms with van der Waals surface area (Å²) in [6, 6.07) is 10.6. The van der Waals surface area contributed by atoms with Crippen LogP contribution >= 0.6 is 11.8 Å². The average molecular weight is 272 g/mol. The van der Waals surface area contributed by atoms with Gasteiger partial charge in [0.25, 0.3) is 0 Å². The van der Waals surface area contributed by atoms with Crippen molar-refractivity contribution in [1.82, 2.24) is 0 Å². The monoisotopic (exact) mass is 272 g/mol. The highest BCUT2D eigenvalue weighted by Gasteiger charge is 2.20. The molecule has 1 aromatic carbocycles. The van der Waals surface area contributed by atoms with Gasteiger partial charge in [0.05, 0.1) is 12.5 Å². The van der Waals surface area contributed by atoms with Gasteiger partial charge in [0, 0.05) is 4.90 Å². The molecule has 0 saturated heterocycles. The Morgan fingerprint density at radius 3 is 1.88 bits per heavy atom. The molecular formula is C9H13BF4S2. The van der Waals surface area contributed by atoms with Crippen molar-refractivity contribution in [1.29, 1.82) is 0 Å². The molecule has 1 aromatic rings. The van der Waals surface area contributed by atoms with Gasteiger partial charge >= 0.3 is 7.25 Å². The second-order valence-corrected chi connectivity index (χ2v) is 6.73. The molecule has 16 heavy (non-hydrogen) atoms. The topological polar surface area (TPSA) is 0 Å². The van der Waals surface area contributed by atoms with Crippen LogP contribution in [0.1, 0.15) is 0 Å². The number of hydrogen-bond acceptors (Lipinski definition) is 1. The molecule has 0 atom stereocenters. The summed E-state index contributed by atoms with van der Waals surface area (Å²) in [6.45, 7) is 0. The van der Waals surface area contributed by atoms with E-state index in [-0.39, 0.29) is 0 Å². The first-order valence-corrected chi connectivity index (χ1v) is 7.58. The van der Waals surface area contributed by atoms with Crippen molar-refractivity contribution in [2.75, 3.05) is 17.6 Å². The minimum Gasteiger partial charge on any atom is -0.418 e. The van der Waals surface area contributed by atoms with Crippen LogP contribution in [0.25, 0.3) is 0 Å². The van der Waals surface area contributed by atoms with E-state index in [1.807, 2.05) is 11.8 Å². The molecule has 0 N–H and O–H groups in total. The maximum absolute atomic E-state index is 9.75. The van der Waals surface area contributed by atoms with E-state index in [1.54, 1.807) is 0 Å². The fourth-order valence-corrected chi connectivity index (χ4v) is 2.54. The maximum Gasteiger partial charge on any atom is 0.673 e. The molecule has 0 heterocycles. The van der Waals surface area contributed by atoms with Gasteiger partial charge in [-0.25, -0.2) is 0 Å². The number of thioether (sulfide) groups is 1. The average Bonchev–Trinajstić information content (AvgIpc) is 2.14. The van der Waals surface area contributed by atoms with E-state index >= 15 is 0 Å². The standard InChI is InChI=1S/C9H13S2.BF4/c1-11(2)8-10-9-6-4-3-5-7-9;2-1(3,4)5/h3-7H,8H2,1-2H3;/q+1;-1. The Balaban J connectivity index is 0.000000385. The molecule has 0 spiro atoms. The van der Waals surface area contributed by atoms with E-state index in [9.17, 15) is 17.3 Å². The molecule has 0 nitrogen and oxygen atoms in total. The Kier molecular flexibility index (Phi) is 7.75. The van der Waals surface area contributed by atoms with E-state index in [0.29, 0.717) is 10.9 Å². The van der Waals surface area contributed by atoms with Crippen molar-refractivity contribution in [3.8, 4) is 0 Å². The molecule has 92 valence electrons. The first-order chi connectivity index (χ1) is 7.29. The van der Waals surface area contributed by atoms with Crippen LogP contribution in [-0.2, 0) is 10.9 Å². The molecule has 0 aromatic heterocycles. The van der Waals surface area contributed by atoms with Crippen LogP contribution < -0.4 is 0 Å². The lowest BCUT2D eigenvalue weighted by atomic mass is 10.3. The van der Waals surface area contributed by atoms with Crippen LogP contribution in [0.4, 0.5) is 17.3 Å². The van der Waals surface area contributed by atoms with E-state index in [2.05, 4.69) is 42.8 Å². The Bertz CT molecular complexity index is 271. The van der Waals surface area contributed by atoms with Gasteiger partial charge in [0.15, 0.2) is 5.08 Å². The first kappa shape index (κ1) is 15.7.